The van der Waals surface area contributed by atoms with Crippen LogP contribution in [0.1, 0.15) is 39.0 Å². The fraction of sp³-hybridized carbons (Fsp3) is 0.812. The second-order valence-electron chi connectivity index (χ2n) is 5.98. The largest absolute Gasteiger partial charge is 0.380 e. The van der Waals surface area contributed by atoms with Crippen molar-refractivity contribution in [2.24, 2.45) is 0 Å². The molecule has 2 fully saturated rings. The molecule has 2 heterocycles. The number of amides is 1. The lowest BCUT2D eigenvalue weighted by Crippen LogP contribution is -2.36. The summed E-state index contributed by atoms with van der Waals surface area (Å²) < 4.78 is 5.34. The number of rotatable bonds is 10. The average molecular weight is 327 g/mol. The van der Waals surface area contributed by atoms with Gasteiger partial charge in [0.05, 0.1) is 24.5 Å². The molecule has 0 bridgehead atoms. The maximum atomic E-state index is 11.7. The molecular formula is C16H29N3O2S. The first-order valence-corrected chi connectivity index (χ1v) is 9.43. The normalized spacial score (nSPS) is 26.4. The zero-order valence-electron chi connectivity index (χ0n) is 13.5. The Hall–Kier alpha value is -0.880. The van der Waals surface area contributed by atoms with Crippen molar-refractivity contribution >= 4 is 17.7 Å². The van der Waals surface area contributed by atoms with Gasteiger partial charge >= 0.3 is 0 Å². The number of hydrogen-bond donors (Lipinski definition) is 3. The lowest BCUT2D eigenvalue weighted by molar-refractivity contribution is -0.121. The Labute approximate surface area is 138 Å². The van der Waals surface area contributed by atoms with E-state index in [0.29, 0.717) is 36.9 Å². The fourth-order valence-corrected chi connectivity index (χ4v) is 4.52. The van der Waals surface area contributed by atoms with E-state index in [1.165, 1.54) is 6.42 Å². The number of carbonyl (C=O) groups excluding carboxylic acids is 1. The van der Waals surface area contributed by atoms with Crippen LogP contribution >= 0.6 is 11.8 Å². The average Bonchev–Trinajstić information content (AvgIpc) is 3.03. The second-order valence-corrected chi connectivity index (χ2v) is 7.25. The van der Waals surface area contributed by atoms with Gasteiger partial charge in [0.1, 0.15) is 0 Å². The first kappa shape index (κ1) is 17.5. The fourth-order valence-electron chi connectivity index (χ4n) is 2.98. The van der Waals surface area contributed by atoms with Gasteiger partial charge in [0.2, 0.25) is 5.91 Å². The van der Waals surface area contributed by atoms with Gasteiger partial charge in [-0.1, -0.05) is 19.9 Å². The van der Waals surface area contributed by atoms with E-state index in [0.717, 1.165) is 37.4 Å². The summed E-state index contributed by atoms with van der Waals surface area (Å²) in [5, 5.41) is 10.4. The van der Waals surface area contributed by atoms with Crippen LogP contribution in [0.25, 0.3) is 0 Å². The molecule has 0 aromatic rings. The van der Waals surface area contributed by atoms with Crippen molar-refractivity contribution in [3.05, 3.63) is 12.4 Å². The van der Waals surface area contributed by atoms with Crippen LogP contribution in [0, 0.1) is 0 Å². The first-order valence-electron chi connectivity index (χ1n) is 8.38. The Kier molecular flexibility index (Phi) is 7.39. The molecule has 22 heavy (non-hydrogen) atoms. The predicted molar refractivity (Wildman–Crippen MR) is 91.8 cm³/mol. The van der Waals surface area contributed by atoms with Crippen LogP contribution in [-0.2, 0) is 9.53 Å². The lowest BCUT2D eigenvalue weighted by atomic mass is 10.0. The van der Waals surface area contributed by atoms with Crippen LogP contribution in [0.4, 0.5) is 0 Å². The third-order valence-electron chi connectivity index (χ3n) is 4.08. The Morgan fingerprint density at radius 2 is 2.27 bits per heavy atom. The van der Waals surface area contributed by atoms with E-state index in [1.54, 1.807) is 0 Å². The number of fused-ring (bicyclic) bond motifs is 1. The molecule has 5 nitrogen and oxygen atoms in total. The van der Waals surface area contributed by atoms with Gasteiger partial charge in [-0.15, -0.1) is 0 Å². The minimum atomic E-state index is 0.145. The van der Waals surface area contributed by atoms with Gasteiger partial charge in [-0.3, -0.25) is 4.79 Å². The monoisotopic (exact) mass is 327 g/mol. The van der Waals surface area contributed by atoms with E-state index in [1.807, 2.05) is 11.8 Å². The molecule has 1 amide bonds. The van der Waals surface area contributed by atoms with Gasteiger partial charge in [-0.25, -0.2) is 0 Å². The molecule has 3 atom stereocenters. The van der Waals surface area contributed by atoms with Crippen molar-refractivity contribution in [2.75, 3.05) is 25.5 Å². The van der Waals surface area contributed by atoms with E-state index in [2.05, 4.69) is 29.5 Å². The quantitative estimate of drug-likeness (QED) is 0.532. The molecule has 0 saturated carbocycles. The van der Waals surface area contributed by atoms with Crippen LogP contribution in [-0.4, -0.2) is 48.8 Å². The maximum absolute atomic E-state index is 11.7. The Bertz CT molecular complexity index is 378. The molecule has 0 aromatic carbocycles. The van der Waals surface area contributed by atoms with Crippen LogP contribution < -0.4 is 16.0 Å². The van der Waals surface area contributed by atoms with Gasteiger partial charge in [0.25, 0.3) is 0 Å². The number of nitrogens with one attached hydrogen (secondary N) is 3. The molecule has 0 spiro atoms. The minimum Gasteiger partial charge on any atom is -0.380 e. The molecule has 2 saturated heterocycles. The summed E-state index contributed by atoms with van der Waals surface area (Å²) in [6.45, 7) is 8.03. The number of unbranched alkanes of at least 4 members (excludes halogenated alkanes) is 1. The number of carbonyl (C=O) groups is 1. The van der Waals surface area contributed by atoms with E-state index in [9.17, 15) is 4.79 Å². The van der Waals surface area contributed by atoms with Crippen LogP contribution in [0.3, 0.4) is 0 Å². The highest BCUT2D eigenvalue weighted by Gasteiger charge is 2.40. The van der Waals surface area contributed by atoms with Gasteiger partial charge in [0.15, 0.2) is 0 Å². The topological polar surface area (TPSA) is 62.4 Å². The number of ether oxygens (including phenoxy) is 1. The summed E-state index contributed by atoms with van der Waals surface area (Å²) in [5.41, 5.74) is 0. The predicted octanol–water partition coefficient (Wildman–Crippen LogP) is 1.61. The molecule has 126 valence electrons. The second kappa shape index (κ2) is 9.30. The SMILES string of the molecule is C=C1N[C@H]2[C@H](CS[C@H]2CCCCC(=O)NCCOCCC)N1. The molecule has 0 aromatic heterocycles. The third kappa shape index (κ3) is 5.39. The minimum absolute atomic E-state index is 0.145. The van der Waals surface area contributed by atoms with E-state index >= 15 is 0 Å². The lowest BCUT2D eigenvalue weighted by Gasteiger charge is -2.17. The first-order chi connectivity index (χ1) is 10.7. The molecule has 0 aliphatic carbocycles. The zero-order valence-corrected chi connectivity index (χ0v) is 14.3. The Morgan fingerprint density at radius 3 is 3.09 bits per heavy atom. The van der Waals surface area contributed by atoms with Gasteiger partial charge in [0, 0.05) is 30.6 Å². The molecule has 3 N–H and O–H groups in total. The van der Waals surface area contributed by atoms with E-state index in [-0.39, 0.29) is 5.91 Å². The third-order valence-corrected chi connectivity index (χ3v) is 5.59. The van der Waals surface area contributed by atoms with Crippen LogP contribution in [0.15, 0.2) is 12.4 Å². The molecule has 2 aliphatic rings. The summed E-state index contributed by atoms with van der Waals surface area (Å²) >= 11 is 2.03. The molecule has 2 aliphatic heterocycles. The summed E-state index contributed by atoms with van der Waals surface area (Å²) in [6, 6.07) is 1.05. The van der Waals surface area contributed by atoms with Crippen molar-refractivity contribution in [3.63, 3.8) is 0 Å². The summed E-state index contributed by atoms with van der Waals surface area (Å²) in [5.74, 6) is 2.26. The van der Waals surface area contributed by atoms with Gasteiger partial charge in [-0.05, 0) is 19.3 Å². The molecule has 2 rings (SSSR count). The maximum Gasteiger partial charge on any atom is 0.220 e. The smallest absolute Gasteiger partial charge is 0.220 e. The van der Waals surface area contributed by atoms with Crippen molar-refractivity contribution in [1.29, 1.82) is 0 Å². The summed E-state index contributed by atoms with van der Waals surface area (Å²) in [4.78, 5) is 11.7. The van der Waals surface area contributed by atoms with Crippen molar-refractivity contribution < 1.29 is 9.53 Å². The van der Waals surface area contributed by atoms with Gasteiger partial charge in [-0.2, -0.15) is 11.8 Å². The number of hydrogen-bond acceptors (Lipinski definition) is 5. The Balaban J connectivity index is 1.49. The molecule has 0 unspecified atom stereocenters. The van der Waals surface area contributed by atoms with E-state index < -0.39 is 0 Å². The summed E-state index contributed by atoms with van der Waals surface area (Å²) in [7, 11) is 0. The number of thioether (sulfide) groups is 1. The highest BCUT2D eigenvalue weighted by molar-refractivity contribution is 8.00. The highest BCUT2D eigenvalue weighted by Crippen LogP contribution is 2.34. The molecular weight excluding hydrogens is 298 g/mol. The van der Waals surface area contributed by atoms with Crippen LogP contribution in [0.5, 0.6) is 0 Å². The van der Waals surface area contributed by atoms with Crippen molar-refractivity contribution in [2.45, 2.75) is 56.4 Å². The highest BCUT2D eigenvalue weighted by atomic mass is 32.2. The standard InChI is InChI=1S/C16H29N3O2S/c1-3-9-21-10-8-17-15(20)7-5-4-6-14-16-13(11-22-14)18-12(2)19-16/h13-14,16,18-19H,2-11H2,1H3,(H,17,20)/t13-,14-,16-/m0/s1. The Morgan fingerprint density at radius 1 is 1.41 bits per heavy atom. The zero-order chi connectivity index (χ0) is 15.8. The van der Waals surface area contributed by atoms with E-state index in [4.69, 9.17) is 4.74 Å². The van der Waals surface area contributed by atoms with Crippen LogP contribution in [0.2, 0.25) is 0 Å². The molecule has 0 radical (unpaired) electrons. The summed E-state index contributed by atoms with van der Waals surface area (Å²) in [6.07, 6.45) is 4.88. The molecule has 6 heteroatoms. The van der Waals surface area contributed by atoms with Crippen molar-refractivity contribution in [1.82, 2.24) is 16.0 Å². The van der Waals surface area contributed by atoms with Gasteiger partial charge < -0.3 is 20.7 Å². The van der Waals surface area contributed by atoms with Crippen molar-refractivity contribution in [3.8, 4) is 0 Å².